The van der Waals surface area contributed by atoms with Gasteiger partial charge in [-0.1, -0.05) is 13.0 Å². The molecule has 0 aliphatic carbocycles. The summed E-state index contributed by atoms with van der Waals surface area (Å²) >= 11 is 0. The second-order valence-electron chi connectivity index (χ2n) is 5.09. The normalized spacial score (nSPS) is 12.3. The van der Waals surface area contributed by atoms with E-state index in [-0.39, 0.29) is 11.9 Å². The van der Waals surface area contributed by atoms with Crippen LogP contribution >= 0.6 is 0 Å². The van der Waals surface area contributed by atoms with Gasteiger partial charge in [-0.2, -0.15) is 5.10 Å². The minimum absolute atomic E-state index is 0.134. The molecule has 0 unspecified atom stereocenters. The SMILES string of the molecule is CC[C@H](NC(=O)c1cc2ncccn2n1)c1cccc(C)n1. The van der Waals surface area contributed by atoms with Crippen LogP contribution in [0, 0.1) is 6.92 Å². The Morgan fingerprint density at radius 2 is 2.23 bits per heavy atom. The average Bonchev–Trinajstić information content (AvgIpc) is 2.96. The Kier molecular flexibility index (Phi) is 3.82. The van der Waals surface area contributed by atoms with Gasteiger partial charge in [-0.3, -0.25) is 9.78 Å². The lowest BCUT2D eigenvalue weighted by atomic mass is 10.1. The van der Waals surface area contributed by atoms with Gasteiger partial charge in [0.05, 0.1) is 11.7 Å². The molecule has 3 aromatic heterocycles. The summed E-state index contributed by atoms with van der Waals surface area (Å²) in [6.45, 7) is 3.95. The third kappa shape index (κ3) is 2.81. The van der Waals surface area contributed by atoms with Crippen molar-refractivity contribution in [1.29, 1.82) is 0 Å². The first-order chi connectivity index (χ1) is 10.7. The zero-order valence-electron chi connectivity index (χ0n) is 12.5. The van der Waals surface area contributed by atoms with E-state index in [1.807, 2.05) is 32.0 Å². The first kappa shape index (κ1) is 14.2. The number of pyridine rings is 1. The van der Waals surface area contributed by atoms with E-state index in [0.717, 1.165) is 17.8 Å². The van der Waals surface area contributed by atoms with Crippen molar-refractivity contribution in [3.63, 3.8) is 0 Å². The maximum absolute atomic E-state index is 12.4. The predicted molar refractivity (Wildman–Crippen MR) is 82.5 cm³/mol. The first-order valence-corrected chi connectivity index (χ1v) is 7.22. The van der Waals surface area contributed by atoms with Gasteiger partial charge in [0.15, 0.2) is 11.3 Å². The number of amides is 1. The van der Waals surface area contributed by atoms with Crippen LogP contribution in [0.1, 0.15) is 41.3 Å². The van der Waals surface area contributed by atoms with Crippen LogP contribution in [0.15, 0.2) is 42.7 Å². The van der Waals surface area contributed by atoms with Crippen LogP contribution < -0.4 is 5.32 Å². The maximum Gasteiger partial charge on any atom is 0.272 e. The first-order valence-electron chi connectivity index (χ1n) is 7.22. The zero-order valence-corrected chi connectivity index (χ0v) is 12.5. The van der Waals surface area contributed by atoms with Crippen LogP contribution in [-0.4, -0.2) is 25.5 Å². The second kappa shape index (κ2) is 5.93. The zero-order chi connectivity index (χ0) is 15.5. The second-order valence-corrected chi connectivity index (χ2v) is 5.09. The van der Waals surface area contributed by atoms with Gasteiger partial charge in [0, 0.05) is 24.2 Å². The van der Waals surface area contributed by atoms with E-state index < -0.39 is 0 Å². The summed E-state index contributed by atoms with van der Waals surface area (Å²) in [5.74, 6) is -0.222. The van der Waals surface area contributed by atoms with E-state index >= 15 is 0 Å². The van der Waals surface area contributed by atoms with Crippen LogP contribution in [0.5, 0.6) is 0 Å². The molecule has 6 heteroatoms. The quantitative estimate of drug-likeness (QED) is 0.801. The Morgan fingerprint density at radius 1 is 1.36 bits per heavy atom. The molecule has 0 fully saturated rings. The van der Waals surface area contributed by atoms with Crippen molar-refractivity contribution in [3.8, 4) is 0 Å². The lowest BCUT2D eigenvalue weighted by Gasteiger charge is -2.16. The van der Waals surface area contributed by atoms with Crippen LogP contribution in [0.3, 0.4) is 0 Å². The van der Waals surface area contributed by atoms with E-state index in [1.54, 1.807) is 29.0 Å². The molecule has 0 aliphatic rings. The highest BCUT2D eigenvalue weighted by molar-refractivity contribution is 5.93. The third-order valence-corrected chi connectivity index (χ3v) is 3.45. The molecule has 0 radical (unpaired) electrons. The molecule has 3 aromatic rings. The molecule has 3 rings (SSSR count). The number of carbonyl (C=O) groups is 1. The number of nitrogens with one attached hydrogen (secondary N) is 1. The molecule has 0 saturated heterocycles. The van der Waals surface area contributed by atoms with E-state index in [9.17, 15) is 4.79 Å². The summed E-state index contributed by atoms with van der Waals surface area (Å²) in [6, 6.07) is 9.11. The maximum atomic E-state index is 12.4. The fourth-order valence-electron chi connectivity index (χ4n) is 2.32. The van der Waals surface area contributed by atoms with Crippen molar-refractivity contribution >= 4 is 11.6 Å². The Morgan fingerprint density at radius 3 is 2.95 bits per heavy atom. The van der Waals surface area contributed by atoms with Crippen LogP contribution in [-0.2, 0) is 0 Å². The lowest BCUT2D eigenvalue weighted by Crippen LogP contribution is -2.29. The molecular weight excluding hydrogens is 278 g/mol. The summed E-state index contributed by atoms with van der Waals surface area (Å²) < 4.78 is 1.58. The summed E-state index contributed by atoms with van der Waals surface area (Å²) in [7, 11) is 0. The van der Waals surface area contributed by atoms with Crippen LogP contribution in [0.4, 0.5) is 0 Å². The van der Waals surface area contributed by atoms with Crippen molar-refractivity contribution in [1.82, 2.24) is 24.9 Å². The minimum Gasteiger partial charge on any atom is -0.342 e. The largest absolute Gasteiger partial charge is 0.342 e. The number of rotatable bonds is 4. The van der Waals surface area contributed by atoms with E-state index in [4.69, 9.17) is 0 Å². The average molecular weight is 295 g/mol. The Hall–Kier alpha value is -2.76. The molecule has 6 nitrogen and oxygen atoms in total. The third-order valence-electron chi connectivity index (χ3n) is 3.45. The minimum atomic E-state index is -0.222. The van der Waals surface area contributed by atoms with Gasteiger partial charge in [-0.15, -0.1) is 0 Å². The number of carbonyl (C=O) groups excluding carboxylic acids is 1. The lowest BCUT2D eigenvalue weighted by molar-refractivity contribution is 0.0929. The van der Waals surface area contributed by atoms with E-state index in [0.29, 0.717) is 11.3 Å². The highest BCUT2D eigenvalue weighted by Gasteiger charge is 2.17. The number of hydrogen-bond acceptors (Lipinski definition) is 4. The fourth-order valence-corrected chi connectivity index (χ4v) is 2.32. The number of fused-ring (bicyclic) bond motifs is 1. The van der Waals surface area contributed by atoms with Gasteiger partial charge in [0.2, 0.25) is 0 Å². The van der Waals surface area contributed by atoms with Crippen molar-refractivity contribution in [3.05, 3.63) is 59.8 Å². The fraction of sp³-hybridized carbons (Fsp3) is 0.250. The van der Waals surface area contributed by atoms with Gasteiger partial charge in [0.1, 0.15) is 0 Å². The number of aromatic nitrogens is 4. The molecule has 3 heterocycles. The van der Waals surface area contributed by atoms with Gasteiger partial charge in [-0.05, 0) is 31.5 Å². The number of hydrogen-bond donors (Lipinski definition) is 1. The number of aryl methyl sites for hydroxylation is 1. The molecule has 112 valence electrons. The molecule has 0 aromatic carbocycles. The van der Waals surface area contributed by atoms with Gasteiger partial charge in [0.25, 0.3) is 5.91 Å². The molecule has 1 atom stereocenters. The van der Waals surface area contributed by atoms with Crippen molar-refractivity contribution in [2.24, 2.45) is 0 Å². The monoisotopic (exact) mass is 295 g/mol. The van der Waals surface area contributed by atoms with Crippen LogP contribution in [0.25, 0.3) is 5.65 Å². The molecular formula is C16H17N5O. The molecule has 22 heavy (non-hydrogen) atoms. The summed E-state index contributed by atoms with van der Waals surface area (Å²) in [6.07, 6.45) is 4.19. The Labute approximate surface area is 128 Å². The summed E-state index contributed by atoms with van der Waals surface area (Å²) in [5.41, 5.74) is 2.79. The van der Waals surface area contributed by atoms with Crippen molar-refractivity contribution in [2.45, 2.75) is 26.3 Å². The smallest absolute Gasteiger partial charge is 0.272 e. The predicted octanol–water partition coefficient (Wildman–Crippen LogP) is 2.31. The molecule has 0 bridgehead atoms. The Balaban J connectivity index is 1.82. The standard InChI is InChI=1S/C16H17N5O/c1-3-12(13-7-4-6-11(2)18-13)19-16(22)14-10-15-17-8-5-9-21(15)20-14/h4-10,12H,3H2,1-2H3,(H,19,22)/t12-/m0/s1. The summed E-state index contributed by atoms with van der Waals surface area (Å²) in [4.78, 5) is 21.0. The molecule has 0 saturated carbocycles. The molecule has 0 spiro atoms. The molecule has 1 amide bonds. The van der Waals surface area contributed by atoms with Crippen molar-refractivity contribution < 1.29 is 4.79 Å². The number of nitrogens with zero attached hydrogens (tertiary/aromatic N) is 4. The van der Waals surface area contributed by atoms with E-state index in [1.165, 1.54) is 0 Å². The Bertz CT molecular complexity index is 778. The highest BCUT2D eigenvalue weighted by Crippen LogP contribution is 2.15. The molecule has 0 aliphatic heterocycles. The van der Waals surface area contributed by atoms with Crippen LogP contribution in [0.2, 0.25) is 0 Å². The van der Waals surface area contributed by atoms with Gasteiger partial charge in [-0.25, -0.2) is 9.50 Å². The van der Waals surface area contributed by atoms with Gasteiger partial charge >= 0.3 is 0 Å². The van der Waals surface area contributed by atoms with Crippen molar-refractivity contribution in [2.75, 3.05) is 0 Å². The topological polar surface area (TPSA) is 72.2 Å². The van der Waals surface area contributed by atoms with Gasteiger partial charge < -0.3 is 5.32 Å². The highest BCUT2D eigenvalue weighted by atomic mass is 16.2. The van der Waals surface area contributed by atoms with E-state index in [2.05, 4.69) is 20.4 Å². The summed E-state index contributed by atoms with van der Waals surface area (Å²) in [5, 5.41) is 7.22. The molecule has 1 N–H and O–H groups in total.